The van der Waals surface area contributed by atoms with Gasteiger partial charge in [0.2, 0.25) is 10.0 Å². The van der Waals surface area contributed by atoms with Gasteiger partial charge >= 0.3 is 0 Å². The predicted molar refractivity (Wildman–Crippen MR) is 107 cm³/mol. The fraction of sp³-hybridized carbons (Fsp3) is 0.150. The van der Waals surface area contributed by atoms with Crippen LogP contribution in [0.25, 0.3) is 11.1 Å². The van der Waals surface area contributed by atoms with Crippen LogP contribution in [-0.2, 0) is 16.4 Å². The SMILES string of the molecule is CCNS(=O)(=O)c1ccccc1-c1cnc(N)c(C(=O)Cc2ccncc2)c1. The lowest BCUT2D eigenvalue weighted by molar-refractivity contribution is 0.0993. The van der Waals surface area contributed by atoms with Gasteiger partial charge in [0, 0.05) is 42.7 Å². The number of hydrogen-bond donors (Lipinski definition) is 2. The number of carbonyl (C=O) groups is 1. The summed E-state index contributed by atoms with van der Waals surface area (Å²) in [5.74, 6) is -0.0973. The van der Waals surface area contributed by atoms with Crippen molar-refractivity contribution in [1.82, 2.24) is 14.7 Å². The Bertz CT molecular complexity index is 1100. The molecule has 0 aliphatic carbocycles. The van der Waals surface area contributed by atoms with E-state index in [2.05, 4.69) is 14.7 Å². The Balaban J connectivity index is 2.02. The van der Waals surface area contributed by atoms with Crippen molar-refractivity contribution in [3.8, 4) is 11.1 Å². The largest absolute Gasteiger partial charge is 0.383 e. The molecular formula is C20H20N4O3S. The Morgan fingerprint density at radius 2 is 1.86 bits per heavy atom. The number of hydrogen-bond acceptors (Lipinski definition) is 6. The van der Waals surface area contributed by atoms with Crippen LogP contribution in [0.5, 0.6) is 0 Å². The molecule has 0 aliphatic heterocycles. The summed E-state index contributed by atoms with van der Waals surface area (Å²) in [6.45, 7) is 1.98. The number of benzene rings is 1. The van der Waals surface area contributed by atoms with Gasteiger partial charge in [-0.2, -0.15) is 0 Å². The van der Waals surface area contributed by atoms with Crippen LogP contribution in [0.3, 0.4) is 0 Å². The summed E-state index contributed by atoms with van der Waals surface area (Å²) < 4.78 is 27.5. The van der Waals surface area contributed by atoms with Gasteiger partial charge in [0.25, 0.3) is 0 Å². The molecule has 1 aromatic carbocycles. The highest BCUT2D eigenvalue weighted by Crippen LogP contribution is 2.29. The number of carbonyl (C=O) groups excluding carboxylic acids is 1. The molecule has 3 rings (SSSR count). The minimum atomic E-state index is -3.68. The van der Waals surface area contributed by atoms with Gasteiger partial charge in [-0.05, 0) is 29.8 Å². The van der Waals surface area contributed by atoms with Gasteiger partial charge in [0.15, 0.2) is 5.78 Å². The van der Waals surface area contributed by atoms with E-state index >= 15 is 0 Å². The van der Waals surface area contributed by atoms with Crippen LogP contribution in [0.15, 0.2) is 66.0 Å². The van der Waals surface area contributed by atoms with Gasteiger partial charge in [0.1, 0.15) is 5.82 Å². The maximum Gasteiger partial charge on any atom is 0.241 e. The Hall–Kier alpha value is -3.10. The number of aromatic nitrogens is 2. The number of anilines is 1. The fourth-order valence-electron chi connectivity index (χ4n) is 2.83. The van der Waals surface area contributed by atoms with Gasteiger partial charge < -0.3 is 5.73 Å². The van der Waals surface area contributed by atoms with Crippen LogP contribution in [0.2, 0.25) is 0 Å². The number of ketones is 1. The van der Waals surface area contributed by atoms with Crippen molar-refractivity contribution in [3.63, 3.8) is 0 Å². The van der Waals surface area contributed by atoms with Crippen molar-refractivity contribution in [2.24, 2.45) is 0 Å². The number of Topliss-reactive ketones (excluding diaryl/α,β-unsaturated/α-hetero) is 1. The maximum atomic E-state index is 12.7. The average Bonchev–Trinajstić information content (AvgIpc) is 2.69. The van der Waals surface area contributed by atoms with Gasteiger partial charge in [-0.25, -0.2) is 18.1 Å². The van der Waals surface area contributed by atoms with Crippen molar-refractivity contribution in [1.29, 1.82) is 0 Å². The highest BCUT2D eigenvalue weighted by Gasteiger charge is 2.20. The van der Waals surface area contributed by atoms with Gasteiger partial charge in [-0.3, -0.25) is 9.78 Å². The molecule has 2 heterocycles. The summed E-state index contributed by atoms with van der Waals surface area (Å²) in [4.78, 5) is 20.9. The number of nitrogens with two attached hydrogens (primary N) is 1. The van der Waals surface area contributed by atoms with Crippen LogP contribution in [0.4, 0.5) is 5.82 Å². The quantitative estimate of drug-likeness (QED) is 0.593. The van der Waals surface area contributed by atoms with E-state index in [-0.39, 0.29) is 35.0 Å². The number of pyridine rings is 2. The van der Waals surface area contributed by atoms with Crippen LogP contribution in [-0.4, -0.2) is 30.7 Å². The molecule has 0 saturated heterocycles. The Kier molecular flexibility index (Phi) is 5.81. The lowest BCUT2D eigenvalue weighted by Gasteiger charge is -2.12. The number of nitrogen functional groups attached to an aromatic ring is 1. The van der Waals surface area contributed by atoms with E-state index in [0.29, 0.717) is 11.1 Å². The monoisotopic (exact) mass is 396 g/mol. The summed E-state index contributed by atoms with van der Waals surface area (Å²) in [5.41, 5.74) is 7.94. The Morgan fingerprint density at radius 3 is 2.57 bits per heavy atom. The molecule has 0 radical (unpaired) electrons. The lowest BCUT2D eigenvalue weighted by atomic mass is 10.0. The number of rotatable bonds is 7. The molecule has 8 heteroatoms. The van der Waals surface area contributed by atoms with Gasteiger partial charge in [0.05, 0.1) is 10.5 Å². The third kappa shape index (κ3) is 4.24. The highest BCUT2D eigenvalue weighted by molar-refractivity contribution is 7.89. The van der Waals surface area contributed by atoms with Crippen LogP contribution in [0, 0.1) is 0 Å². The zero-order valence-electron chi connectivity index (χ0n) is 15.3. The second kappa shape index (κ2) is 8.28. The van der Waals surface area contributed by atoms with E-state index in [1.807, 2.05) is 0 Å². The molecule has 144 valence electrons. The summed E-state index contributed by atoms with van der Waals surface area (Å²) in [5, 5.41) is 0. The second-order valence-corrected chi connectivity index (χ2v) is 7.85. The van der Waals surface area contributed by atoms with E-state index in [9.17, 15) is 13.2 Å². The molecule has 0 unspecified atom stereocenters. The molecule has 0 aliphatic rings. The smallest absolute Gasteiger partial charge is 0.241 e. The third-order valence-corrected chi connectivity index (χ3v) is 5.76. The molecule has 0 saturated carbocycles. The first-order valence-electron chi connectivity index (χ1n) is 8.69. The summed E-state index contributed by atoms with van der Waals surface area (Å²) in [7, 11) is -3.68. The first-order valence-corrected chi connectivity index (χ1v) is 10.2. The first-order chi connectivity index (χ1) is 13.4. The maximum absolute atomic E-state index is 12.7. The van der Waals surface area contributed by atoms with E-state index in [0.717, 1.165) is 5.56 Å². The normalized spacial score (nSPS) is 11.3. The van der Waals surface area contributed by atoms with Crippen LogP contribution in [0.1, 0.15) is 22.8 Å². The molecule has 3 N–H and O–H groups in total. The number of nitrogens with one attached hydrogen (secondary N) is 1. The van der Waals surface area contributed by atoms with Crippen LogP contribution >= 0.6 is 0 Å². The standard InChI is InChI=1S/C20H20N4O3S/c1-2-24-28(26,27)19-6-4-3-5-16(19)15-12-17(20(21)23-13-15)18(25)11-14-7-9-22-10-8-14/h3-10,12-13,24H,2,11H2,1H3,(H2,21,23). The molecule has 0 bridgehead atoms. The molecule has 0 fully saturated rings. The lowest BCUT2D eigenvalue weighted by Crippen LogP contribution is -2.23. The zero-order chi connectivity index (χ0) is 20.1. The van der Waals surface area contributed by atoms with Crippen molar-refractivity contribution >= 4 is 21.6 Å². The van der Waals surface area contributed by atoms with Crippen LogP contribution < -0.4 is 10.5 Å². The van der Waals surface area contributed by atoms with E-state index < -0.39 is 10.0 Å². The fourth-order valence-corrected chi connectivity index (χ4v) is 4.10. The topological polar surface area (TPSA) is 115 Å². The molecule has 28 heavy (non-hydrogen) atoms. The summed E-state index contributed by atoms with van der Waals surface area (Å²) in [6, 6.07) is 11.7. The summed E-state index contributed by atoms with van der Waals surface area (Å²) in [6.07, 6.45) is 4.85. The minimum Gasteiger partial charge on any atom is -0.383 e. The highest BCUT2D eigenvalue weighted by atomic mass is 32.2. The number of nitrogens with zero attached hydrogens (tertiary/aromatic N) is 2. The van der Waals surface area contributed by atoms with Crippen molar-refractivity contribution in [3.05, 3.63) is 72.2 Å². The van der Waals surface area contributed by atoms with Gasteiger partial charge in [-0.15, -0.1) is 0 Å². The van der Waals surface area contributed by atoms with Gasteiger partial charge in [-0.1, -0.05) is 25.1 Å². The molecule has 0 amide bonds. The van der Waals surface area contributed by atoms with Crippen molar-refractivity contribution < 1.29 is 13.2 Å². The van der Waals surface area contributed by atoms with Crippen molar-refractivity contribution in [2.75, 3.05) is 12.3 Å². The average molecular weight is 396 g/mol. The molecular weight excluding hydrogens is 376 g/mol. The molecule has 0 atom stereocenters. The predicted octanol–water partition coefficient (Wildman–Crippen LogP) is 2.45. The molecule has 2 aromatic heterocycles. The Morgan fingerprint density at radius 1 is 1.14 bits per heavy atom. The Labute approximate surface area is 163 Å². The molecule has 7 nitrogen and oxygen atoms in total. The summed E-state index contributed by atoms with van der Waals surface area (Å²) >= 11 is 0. The van der Waals surface area contributed by atoms with Crippen molar-refractivity contribution in [2.45, 2.75) is 18.2 Å². The number of sulfonamides is 1. The minimum absolute atomic E-state index is 0.106. The van der Waals surface area contributed by atoms with E-state index in [1.54, 1.807) is 55.7 Å². The van der Waals surface area contributed by atoms with E-state index in [1.165, 1.54) is 12.3 Å². The third-order valence-electron chi connectivity index (χ3n) is 4.15. The zero-order valence-corrected chi connectivity index (χ0v) is 16.1. The second-order valence-electron chi connectivity index (χ2n) is 6.11. The first kappa shape index (κ1) is 19.7. The van der Waals surface area contributed by atoms with E-state index in [4.69, 9.17) is 5.73 Å². The molecule has 0 spiro atoms. The molecule has 3 aromatic rings.